The molecule has 1 aliphatic heterocycles. The Kier molecular flexibility index (Phi) is 0.813. The highest BCUT2D eigenvalue weighted by Crippen LogP contribution is 1.97. The van der Waals surface area contributed by atoms with Crippen LogP contribution in [-0.2, 0) is 0 Å². The summed E-state index contributed by atoms with van der Waals surface area (Å²) in [6.45, 7) is 1.11. The van der Waals surface area contributed by atoms with Crippen molar-refractivity contribution in [1.29, 1.82) is 0 Å². The van der Waals surface area contributed by atoms with Crippen LogP contribution in [0.25, 0.3) is 0 Å². The van der Waals surface area contributed by atoms with E-state index in [2.05, 4.69) is 11.2 Å². The van der Waals surface area contributed by atoms with Gasteiger partial charge in [0.05, 0.1) is 6.04 Å². The fourth-order valence-corrected chi connectivity index (χ4v) is 0.431. The van der Waals surface area contributed by atoms with E-state index in [0.29, 0.717) is 6.04 Å². The first-order valence-corrected chi connectivity index (χ1v) is 2.13. The lowest BCUT2D eigenvalue weighted by Gasteiger charge is -2.21. The molecular weight excluding hydrogens is 74.1 g/mol. The molecule has 0 aromatic rings. The van der Waals surface area contributed by atoms with Gasteiger partial charge in [-0.05, 0) is 13.0 Å². The molecule has 32 valence electrons. The Hall–Kier alpha value is -0.480. The Morgan fingerprint density at radius 3 is 2.50 bits per heavy atom. The zero-order valence-electron chi connectivity index (χ0n) is 3.57. The number of hydrogen-bond acceptors (Lipinski definition) is 1. The summed E-state index contributed by atoms with van der Waals surface area (Å²) >= 11 is 0. The van der Waals surface area contributed by atoms with Gasteiger partial charge in [-0.2, -0.15) is 0 Å². The largest absolute Gasteiger partial charge is 0.304 e. The smallest absolute Gasteiger partial charge is 0.0699 e. The topological polar surface area (TPSA) is 12.0 Å². The number of rotatable bonds is 0. The molecule has 0 bridgehead atoms. The van der Waals surface area contributed by atoms with Crippen molar-refractivity contribution in [2.24, 2.45) is 0 Å². The summed E-state index contributed by atoms with van der Waals surface area (Å²) in [5.41, 5.74) is 0. The highest BCUT2D eigenvalue weighted by molar-refractivity contribution is 5.03. The molecule has 0 amide bonds. The van der Waals surface area contributed by atoms with Gasteiger partial charge < -0.3 is 5.32 Å². The molecule has 1 heteroatoms. The minimum absolute atomic E-state index is 0.394. The van der Waals surface area contributed by atoms with Gasteiger partial charge in [0.25, 0.3) is 0 Å². The summed E-state index contributed by atoms with van der Waals surface area (Å²) < 4.78 is 0. The third-order valence-electron chi connectivity index (χ3n) is 1.02. The van der Waals surface area contributed by atoms with E-state index in [1.54, 1.807) is 0 Å². The van der Waals surface area contributed by atoms with Crippen LogP contribution in [0.3, 0.4) is 0 Å². The van der Waals surface area contributed by atoms with E-state index < -0.39 is 0 Å². The van der Waals surface area contributed by atoms with Crippen LogP contribution < -0.4 is 5.32 Å². The van der Waals surface area contributed by atoms with E-state index in [4.69, 9.17) is 6.42 Å². The molecule has 1 atom stereocenters. The van der Waals surface area contributed by atoms with Crippen LogP contribution in [0.5, 0.6) is 0 Å². The van der Waals surface area contributed by atoms with Gasteiger partial charge in [0.1, 0.15) is 0 Å². The van der Waals surface area contributed by atoms with Crippen LogP contribution in [0.4, 0.5) is 0 Å². The first-order valence-electron chi connectivity index (χ1n) is 2.13. The summed E-state index contributed by atoms with van der Waals surface area (Å²) in [6, 6.07) is 0.394. The monoisotopic (exact) mass is 81.1 g/mol. The Balaban J connectivity index is 2.22. The molecule has 6 heavy (non-hydrogen) atoms. The third-order valence-corrected chi connectivity index (χ3v) is 1.02. The minimum Gasteiger partial charge on any atom is -0.304 e. The highest BCUT2D eigenvalue weighted by atomic mass is 15.0. The fourth-order valence-electron chi connectivity index (χ4n) is 0.431. The summed E-state index contributed by atoms with van der Waals surface area (Å²) in [4.78, 5) is 0. The number of nitrogens with one attached hydrogen (secondary N) is 1. The lowest BCUT2D eigenvalue weighted by Crippen LogP contribution is -2.41. The van der Waals surface area contributed by atoms with Gasteiger partial charge in [-0.15, -0.1) is 6.42 Å². The maximum absolute atomic E-state index is 5.02. The SMILES string of the molecule is C#C[C@@H]1CCN1. The first kappa shape index (κ1) is 3.70. The lowest BCUT2D eigenvalue weighted by atomic mass is 10.1. The Labute approximate surface area is 37.7 Å². The maximum atomic E-state index is 5.02. The second-order valence-electron chi connectivity index (χ2n) is 1.46. The van der Waals surface area contributed by atoms with Crippen molar-refractivity contribution >= 4 is 0 Å². The lowest BCUT2D eigenvalue weighted by molar-refractivity contribution is 0.449. The second kappa shape index (κ2) is 1.32. The summed E-state index contributed by atoms with van der Waals surface area (Å²) in [5, 5.41) is 3.06. The standard InChI is InChI=1S/C5H7N/c1-2-5-3-4-6-5/h1,5-6H,3-4H2/t5-/m1/s1. The minimum atomic E-state index is 0.394. The fraction of sp³-hybridized carbons (Fsp3) is 0.600. The maximum Gasteiger partial charge on any atom is 0.0699 e. The Morgan fingerprint density at radius 1 is 1.83 bits per heavy atom. The Bertz CT molecular complexity index is 76.4. The van der Waals surface area contributed by atoms with Gasteiger partial charge in [0.15, 0.2) is 0 Å². The molecule has 0 unspecified atom stereocenters. The van der Waals surface area contributed by atoms with Crippen molar-refractivity contribution in [2.75, 3.05) is 6.54 Å². The molecular formula is C5H7N. The van der Waals surface area contributed by atoms with Crippen molar-refractivity contribution in [3.05, 3.63) is 0 Å². The normalized spacial score (nSPS) is 30.8. The van der Waals surface area contributed by atoms with E-state index in [1.165, 1.54) is 0 Å². The quantitative estimate of drug-likeness (QED) is 0.404. The van der Waals surface area contributed by atoms with Gasteiger partial charge >= 0.3 is 0 Å². The van der Waals surface area contributed by atoms with Gasteiger partial charge in [0, 0.05) is 0 Å². The first-order chi connectivity index (χ1) is 2.93. The molecule has 1 saturated heterocycles. The molecule has 0 radical (unpaired) electrons. The Morgan fingerprint density at radius 2 is 2.50 bits per heavy atom. The average Bonchev–Trinajstić information content (AvgIpc) is 1.31. The molecule has 0 aliphatic carbocycles. The van der Waals surface area contributed by atoms with Crippen LogP contribution in [0, 0.1) is 12.3 Å². The van der Waals surface area contributed by atoms with Crippen LogP contribution in [0.2, 0.25) is 0 Å². The molecule has 1 aliphatic rings. The predicted octanol–water partition coefficient (Wildman–Crippen LogP) is -0.0185. The molecule has 0 aromatic heterocycles. The molecule has 0 aromatic carbocycles. The summed E-state index contributed by atoms with van der Waals surface area (Å²) in [7, 11) is 0. The van der Waals surface area contributed by atoms with Crippen molar-refractivity contribution in [3.8, 4) is 12.3 Å². The van der Waals surface area contributed by atoms with E-state index in [9.17, 15) is 0 Å². The van der Waals surface area contributed by atoms with Crippen molar-refractivity contribution in [3.63, 3.8) is 0 Å². The highest BCUT2D eigenvalue weighted by Gasteiger charge is 2.10. The van der Waals surface area contributed by atoms with E-state index in [0.717, 1.165) is 13.0 Å². The molecule has 1 heterocycles. The van der Waals surface area contributed by atoms with Crippen LogP contribution in [-0.4, -0.2) is 12.6 Å². The van der Waals surface area contributed by atoms with Crippen LogP contribution in [0.15, 0.2) is 0 Å². The van der Waals surface area contributed by atoms with Crippen molar-refractivity contribution in [2.45, 2.75) is 12.5 Å². The molecule has 1 nitrogen and oxygen atoms in total. The zero-order chi connectivity index (χ0) is 4.41. The van der Waals surface area contributed by atoms with Gasteiger partial charge in [-0.1, -0.05) is 5.92 Å². The van der Waals surface area contributed by atoms with Gasteiger partial charge in [0.2, 0.25) is 0 Å². The molecule has 0 saturated carbocycles. The van der Waals surface area contributed by atoms with Crippen LogP contribution in [0.1, 0.15) is 6.42 Å². The van der Waals surface area contributed by atoms with E-state index >= 15 is 0 Å². The molecule has 1 fully saturated rings. The van der Waals surface area contributed by atoms with Gasteiger partial charge in [-0.25, -0.2) is 0 Å². The molecule has 0 spiro atoms. The third kappa shape index (κ3) is 0.395. The van der Waals surface area contributed by atoms with E-state index in [-0.39, 0.29) is 0 Å². The van der Waals surface area contributed by atoms with Crippen molar-refractivity contribution < 1.29 is 0 Å². The number of hydrogen-bond donors (Lipinski definition) is 1. The average molecular weight is 81.1 g/mol. The second-order valence-corrected chi connectivity index (χ2v) is 1.46. The summed E-state index contributed by atoms with van der Waals surface area (Å²) in [6.07, 6.45) is 6.18. The number of terminal acetylenes is 1. The van der Waals surface area contributed by atoms with E-state index in [1.807, 2.05) is 0 Å². The zero-order valence-corrected chi connectivity index (χ0v) is 3.57. The summed E-state index contributed by atoms with van der Waals surface area (Å²) in [5.74, 6) is 2.59. The molecule has 1 rings (SSSR count). The van der Waals surface area contributed by atoms with Crippen LogP contribution >= 0.6 is 0 Å². The van der Waals surface area contributed by atoms with Gasteiger partial charge in [-0.3, -0.25) is 0 Å². The van der Waals surface area contributed by atoms with Crippen molar-refractivity contribution in [1.82, 2.24) is 5.32 Å². The molecule has 1 N–H and O–H groups in total. The predicted molar refractivity (Wildman–Crippen MR) is 25.2 cm³/mol.